The number of nitrogens with zero attached hydrogens (tertiary/aromatic N) is 1. The van der Waals surface area contributed by atoms with Crippen molar-refractivity contribution in [2.75, 3.05) is 19.8 Å². The van der Waals surface area contributed by atoms with Gasteiger partial charge in [0.25, 0.3) is 0 Å². The molecule has 0 aromatic heterocycles. The number of esters is 1. The molecule has 0 aromatic carbocycles. The first-order valence-electron chi connectivity index (χ1n) is 4.53. The number of ether oxygens (including phenoxy) is 2. The molecule has 0 amide bonds. The zero-order chi connectivity index (χ0) is 11.7. The molecule has 1 atom stereocenters. The van der Waals surface area contributed by atoms with E-state index < -0.39 is 12.1 Å². The molecule has 1 unspecified atom stereocenters. The van der Waals surface area contributed by atoms with Crippen LogP contribution in [0.3, 0.4) is 0 Å². The van der Waals surface area contributed by atoms with Crippen LogP contribution in [0.5, 0.6) is 0 Å². The minimum absolute atomic E-state index is 0.0468. The van der Waals surface area contributed by atoms with E-state index in [1.54, 1.807) is 0 Å². The van der Waals surface area contributed by atoms with E-state index in [-0.39, 0.29) is 31.8 Å². The lowest BCUT2D eigenvalue weighted by Gasteiger charge is -2.10. The molecule has 0 fully saturated rings. The van der Waals surface area contributed by atoms with Gasteiger partial charge in [0.2, 0.25) is 0 Å². The van der Waals surface area contributed by atoms with Crippen LogP contribution in [-0.4, -0.2) is 37.0 Å². The van der Waals surface area contributed by atoms with Gasteiger partial charge in [-0.15, -0.1) is 0 Å². The topological polar surface area (TPSA) is 79.6 Å². The monoisotopic (exact) mass is 213 g/mol. The number of aliphatic hydroxyl groups is 1. The molecule has 0 saturated carbocycles. The van der Waals surface area contributed by atoms with Crippen LogP contribution < -0.4 is 0 Å². The average molecular weight is 213 g/mol. The van der Waals surface area contributed by atoms with Crippen LogP contribution in [0.15, 0.2) is 12.2 Å². The number of carbonyl (C=O) groups is 1. The van der Waals surface area contributed by atoms with Crippen LogP contribution in [0.1, 0.15) is 13.3 Å². The van der Waals surface area contributed by atoms with Crippen LogP contribution in [-0.2, 0) is 14.3 Å². The fraction of sp³-hybridized carbons (Fsp3) is 0.600. The lowest BCUT2D eigenvalue weighted by atomic mass is 10.3. The molecule has 0 aliphatic rings. The number of hydrogen-bond donors (Lipinski definition) is 1. The Bertz CT molecular complexity index is 257. The minimum Gasteiger partial charge on any atom is -0.460 e. The first-order valence-corrected chi connectivity index (χ1v) is 4.53. The van der Waals surface area contributed by atoms with E-state index in [9.17, 15) is 9.90 Å². The number of hydrogen-bond acceptors (Lipinski definition) is 5. The molecule has 0 aliphatic carbocycles. The maximum atomic E-state index is 10.9. The molecule has 1 N–H and O–H groups in total. The molecule has 0 aliphatic heterocycles. The molecule has 0 saturated heterocycles. The molecular formula is C10H15NO4. The number of aliphatic hydroxyl groups excluding tert-OH is 1. The van der Waals surface area contributed by atoms with Crippen molar-refractivity contribution in [2.24, 2.45) is 0 Å². The van der Waals surface area contributed by atoms with Crippen molar-refractivity contribution in [2.45, 2.75) is 19.4 Å². The molecule has 84 valence electrons. The Hall–Kier alpha value is -1.38. The Morgan fingerprint density at radius 3 is 2.80 bits per heavy atom. The highest BCUT2D eigenvalue weighted by molar-refractivity contribution is 5.86. The van der Waals surface area contributed by atoms with Gasteiger partial charge in [0.05, 0.1) is 25.7 Å². The Morgan fingerprint density at radius 1 is 1.60 bits per heavy atom. The van der Waals surface area contributed by atoms with E-state index >= 15 is 0 Å². The van der Waals surface area contributed by atoms with E-state index in [2.05, 4.69) is 11.3 Å². The largest absolute Gasteiger partial charge is 0.460 e. The standard InChI is InChI=1S/C10H15NO4/c1-8(2)10(13)15-7-9(12)6-14-5-3-4-11/h9,12H,1,3,5-7H2,2H3. The highest BCUT2D eigenvalue weighted by Gasteiger charge is 2.09. The Kier molecular flexibility index (Phi) is 7.24. The zero-order valence-electron chi connectivity index (χ0n) is 8.73. The molecule has 0 radical (unpaired) electrons. The lowest BCUT2D eigenvalue weighted by molar-refractivity contribution is -0.143. The van der Waals surface area contributed by atoms with Gasteiger partial charge in [-0.3, -0.25) is 0 Å². The molecule has 5 heteroatoms. The van der Waals surface area contributed by atoms with Crippen molar-refractivity contribution in [3.05, 3.63) is 12.2 Å². The van der Waals surface area contributed by atoms with Crippen molar-refractivity contribution >= 4 is 5.97 Å². The number of carbonyl (C=O) groups excluding carboxylic acids is 1. The second-order valence-corrected chi connectivity index (χ2v) is 3.02. The van der Waals surface area contributed by atoms with Gasteiger partial charge in [-0.2, -0.15) is 5.26 Å². The number of nitriles is 1. The normalized spacial score (nSPS) is 11.5. The SMILES string of the molecule is C=C(C)C(=O)OCC(O)COCCC#N. The minimum atomic E-state index is -0.869. The van der Waals surface area contributed by atoms with Gasteiger partial charge >= 0.3 is 5.97 Å². The third-order valence-electron chi connectivity index (χ3n) is 1.42. The van der Waals surface area contributed by atoms with Crippen LogP contribution in [0.2, 0.25) is 0 Å². The summed E-state index contributed by atoms with van der Waals surface area (Å²) in [5, 5.41) is 17.5. The van der Waals surface area contributed by atoms with E-state index in [4.69, 9.17) is 10.00 Å². The highest BCUT2D eigenvalue weighted by Crippen LogP contribution is 1.95. The van der Waals surface area contributed by atoms with Crippen LogP contribution in [0.4, 0.5) is 0 Å². The van der Waals surface area contributed by atoms with Crippen molar-refractivity contribution < 1.29 is 19.4 Å². The van der Waals surface area contributed by atoms with E-state index in [1.165, 1.54) is 6.92 Å². The third kappa shape index (κ3) is 7.67. The van der Waals surface area contributed by atoms with Gasteiger partial charge < -0.3 is 14.6 Å². The molecule has 0 heterocycles. The fourth-order valence-electron chi connectivity index (χ4n) is 0.680. The summed E-state index contributed by atoms with van der Waals surface area (Å²) in [7, 11) is 0. The van der Waals surface area contributed by atoms with E-state index in [1.807, 2.05) is 6.07 Å². The summed E-state index contributed by atoms with van der Waals surface area (Å²) in [6.45, 7) is 5.11. The third-order valence-corrected chi connectivity index (χ3v) is 1.42. The number of rotatable bonds is 7. The molecule has 0 aromatic rings. The van der Waals surface area contributed by atoms with Crippen molar-refractivity contribution in [3.63, 3.8) is 0 Å². The first kappa shape index (κ1) is 13.6. The van der Waals surface area contributed by atoms with Crippen LogP contribution in [0, 0.1) is 11.3 Å². The summed E-state index contributed by atoms with van der Waals surface area (Å²) in [6, 6.07) is 1.90. The Labute approximate surface area is 88.9 Å². The second-order valence-electron chi connectivity index (χ2n) is 3.02. The molecule has 0 rings (SSSR count). The quantitative estimate of drug-likeness (QED) is 0.376. The van der Waals surface area contributed by atoms with Crippen LogP contribution in [0.25, 0.3) is 0 Å². The van der Waals surface area contributed by atoms with Gasteiger partial charge in [-0.25, -0.2) is 4.79 Å². The molecule has 5 nitrogen and oxygen atoms in total. The van der Waals surface area contributed by atoms with E-state index in [0.717, 1.165) is 0 Å². The zero-order valence-corrected chi connectivity index (χ0v) is 8.73. The Morgan fingerprint density at radius 2 is 2.27 bits per heavy atom. The summed E-state index contributed by atoms with van der Waals surface area (Å²) in [6.07, 6.45) is -0.592. The second kappa shape index (κ2) is 7.97. The summed E-state index contributed by atoms with van der Waals surface area (Å²) < 4.78 is 9.63. The summed E-state index contributed by atoms with van der Waals surface area (Å²) in [5.41, 5.74) is 0.285. The van der Waals surface area contributed by atoms with E-state index in [0.29, 0.717) is 0 Å². The predicted octanol–water partition coefficient (Wildman–Crippen LogP) is 0.397. The molecular weight excluding hydrogens is 198 g/mol. The maximum absolute atomic E-state index is 10.9. The summed E-state index contributed by atoms with van der Waals surface area (Å²) in [4.78, 5) is 10.9. The van der Waals surface area contributed by atoms with Crippen LogP contribution >= 0.6 is 0 Å². The fourth-order valence-corrected chi connectivity index (χ4v) is 0.680. The first-order chi connectivity index (χ1) is 7.07. The Balaban J connectivity index is 3.49. The van der Waals surface area contributed by atoms with Gasteiger partial charge in [-0.1, -0.05) is 6.58 Å². The van der Waals surface area contributed by atoms with Gasteiger partial charge in [-0.05, 0) is 6.92 Å². The van der Waals surface area contributed by atoms with Gasteiger partial charge in [0.15, 0.2) is 0 Å². The van der Waals surface area contributed by atoms with Gasteiger partial charge in [0, 0.05) is 5.57 Å². The lowest BCUT2D eigenvalue weighted by Crippen LogP contribution is -2.24. The van der Waals surface area contributed by atoms with Crippen molar-refractivity contribution in [3.8, 4) is 6.07 Å². The molecule has 0 bridgehead atoms. The molecule has 0 spiro atoms. The van der Waals surface area contributed by atoms with Gasteiger partial charge in [0.1, 0.15) is 12.7 Å². The summed E-state index contributed by atoms with van der Waals surface area (Å²) >= 11 is 0. The van der Waals surface area contributed by atoms with Crippen molar-refractivity contribution in [1.29, 1.82) is 5.26 Å². The molecule has 15 heavy (non-hydrogen) atoms. The van der Waals surface area contributed by atoms with Crippen molar-refractivity contribution in [1.82, 2.24) is 0 Å². The smallest absolute Gasteiger partial charge is 0.333 e. The predicted molar refractivity (Wildman–Crippen MR) is 52.8 cm³/mol. The maximum Gasteiger partial charge on any atom is 0.333 e. The summed E-state index contributed by atoms with van der Waals surface area (Å²) in [5.74, 6) is -0.536. The highest BCUT2D eigenvalue weighted by atomic mass is 16.5. The average Bonchev–Trinajstić information content (AvgIpc) is 2.20.